The second-order valence-corrected chi connectivity index (χ2v) is 13.4. The Bertz CT molecular complexity index is 1790. The summed E-state index contributed by atoms with van der Waals surface area (Å²) in [6.45, 7) is 1.38. The summed E-state index contributed by atoms with van der Waals surface area (Å²) in [5.41, 5.74) is -3.53. The normalized spacial score (nSPS) is 24.8. The molecule has 0 saturated carbocycles. The van der Waals surface area contributed by atoms with E-state index in [0.29, 0.717) is 32.6 Å². The maximum atomic E-state index is 14.0. The minimum atomic E-state index is -2.25. The number of carbonyl (C=O) groups is 5. The summed E-state index contributed by atoms with van der Waals surface area (Å²) in [7, 11) is 2.92. The Kier molecular flexibility index (Phi) is 12.1. The number of fused-ring (bicyclic) bond motifs is 3. The third kappa shape index (κ3) is 8.04. The monoisotopic (exact) mass is 755 g/mol. The number of aliphatic hydroxyl groups is 1. The van der Waals surface area contributed by atoms with Gasteiger partial charge in [0.15, 0.2) is 12.1 Å². The Morgan fingerprint density at radius 2 is 1.70 bits per heavy atom. The van der Waals surface area contributed by atoms with Crippen LogP contribution in [0.1, 0.15) is 68.3 Å². The average molecular weight is 756 g/mol. The van der Waals surface area contributed by atoms with E-state index in [0.717, 1.165) is 0 Å². The zero-order valence-electron chi connectivity index (χ0n) is 30.0. The molecule has 18 nitrogen and oxygen atoms in total. The summed E-state index contributed by atoms with van der Waals surface area (Å²) in [6.07, 6.45) is -2.94. The molecule has 2 fully saturated rings. The van der Waals surface area contributed by atoms with Crippen molar-refractivity contribution < 1.29 is 63.0 Å². The number of benzene rings is 2. The molecule has 6 rings (SSSR count). The highest BCUT2D eigenvalue weighted by Gasteiger charge is 2.50. The summed E-state index contributed by atoms with van der Waals surface area (Å²) >= 11 is 0. The molecule has 4 aliphatic rings. The molecule has 0 aromatic heterocycles. The Morgan fingerprint density at radius 1 is 0.944 bits per heavy atom. The average Bonchev–Trinajstić information content (AvgIpc) is 3.16. The van der Waals surface area contributed by atoms with Gasteiger partial charge in [-0.05, 0) is 19.5 Å². The lowest BCUT2D eigenvalue weighted by Gasteiger charge is -2.41. The van der Waals surface area contributed by atoms with Crippen LogP contribution in [0.3, 0.4) is 0 Å². The van der Waals surface area contributed by atoms with Crippen LogP contribution in [-0.2, 0) is 39.8 Å². The molecule has 2 aromatic rings. The fourth-order valence-corrected chi connectivity index (χ4v) is 7.18. The number of morpholine rings is 1. The molecule has 0 unspecified atom stereocenters. The third-order valence-electron chi connectivity index (χ3n) is 9.77. The predicted octanol–water partition coefficient (Wildman–Crippen LogP) is -1.35. The van der Waals surface area contributed by atoms with E-state index in [4.69, 9.17) is 23.7 Å². The standard InChI is InChI=1S/C36H45N5O13/c1-37-14-23(42)41-15-24(43)38-8-9-40-35(48)36(49)12-20-28(22(13-36)54-26-7-6-18(16-52-26)53-25-17-51-11-10-39-25)34(47)30-29(32(20)45)31(44)19-4-3-5-21(50-2)27(19)33(30)46/h3-5,18,22,25-26,37,39,45,47,49H,6-17H2,1-2H3,(H,38,43)(H,40,48)(H,41,42)/t18-,22-,25+,26-,36-/m0/s1. The fraction of sp³-hybridized carbons (Fsp3) is 0.528. The number of carbonyl (C=O) groups excluding carboxylic acids is 5. The topological polar surface area (TPSA) is 252 Å². The summed E-state index contributed by atoms with van der Waals surface area (Å²) in [4.78, 5) is 65.2. The second-order valence-electron chi connectivity index (χ2n) is 13.4. The zero-order valence-corrected chi connectivity index (χ0v) is 30.0. The van der Waals surface area contributed by atoms with Gasteiger partial charge in [0.1, 0.15) is 29.1 Å². The Hall–Kier alpha value is -4.69. The fourth-order valence-electron chi connectivity index (χ4n) is 7.18. The quantitative estimate of drug-likeness (QED) is 0.0742. The molecule has 0 bridgehead atoms. The summed E-state index contributed by atoms with van der Waals surface area (Å²) in [5.74, 6) is -4.50. The number of ether oxygens (including phenoxy) is 5. The van der Waals surface area contributed by atoms with Crippen molar-refractivity contribution in [2.45, 2.75) is 56.0 Å². The van der Waals surface area contributed by atoms with Gasteiger partial charge in [0.25, 0.3) is 5.91 Å². The van der Waals surface area contributed by atoms with Gasteiger partial charge in [-0.1, -0.05) is 12.1 Å². The number of rotatable bonds is 13. The molecule has 54 heavy (non-hydrogen) atoms. The van der Waals surface area contributed by atoms with Crippen LogP contribution in [-0.4, -0.2) is 136 Å². The lowest BCUT2D eigenvalue weighted by atomic mass is 9.72. The molecule has 0 radical (unpaired) electrons. The lowest BCUT2D eigenvalue weighted by molar-refractivity contribution is -0.233. The molecule has 2 aromatic carbocycles. The van der Waals surface area contributed by atoms with E-state index in [9.17, 15) is 39.3 Å². The van der Waals surface area contributed by atoms with Gasteiger partial charge in [0.05, 0.1) is 68.9 Å². The highest BCUT2D eigenvalue weighted by atomic mass is 16.7. The maximum absolute atomic E-state index is 14.0. The van der Waals surface area contributed by atoms with Gasteiger partial charge < -0.3 is 60.3 Å². The minimum absolute atomic E-state index is 0.0359. The number of methoxy groups -OCH3 is 1. The molecule has 2 heterocycles. The molecule has 0 spiro atoms. The van der Waals surface area contributed by atoms with E-state index in [1.165, 1.54) is 25.3 Å². The van der Waals surface area contributed by atoms with Crippen molar-refractivity contribution in [3.05, 3.63) is 51.6 Å². The van der Waals surface area contributed by atoms with Crippen LogP contribution in [0, 0.1) is 0 Å². The predicted molar refractivity (Wildman–Crippen MR) is 186 cm³/mol. The van der Waals surface area contributed by atoms with Gasteiger partial charge in [-0.2, -0.15) is 0 Å². The number of amides is 3. The third-order valence-corrected chi connectivity index (χ3v) is 9.77. The van der Waals surface area contributed by atoms with Gasteiger partial charge >= 0.3 is 0 Å². The van der Waals surface area contributed by atoms with E-state index in [2.05, 4.69) is 26.6 Å². The highest BCUT2D eigenvalue weighted by molar-refractivity contribution is 6.31. The number of hydrogen-bond donors (Lipinski definition) is 8. The number of phenolic OH excluding ortho intramolecular Hbond substituents is 2. The van der Waals surface area contributed by atoms with Crippen LogP contribution >= 0.6 is 0 Å². The van der Waals surface area contributed by atoms with Crippen molar-refractivity contribution >= 4 is 29.3 Å². The van der Waals surface area contributed by atoms with Gasteiger partial charge in [-0.25, -0.2) is 0 Å². The van der Waals surface area contributed by atoms with Crippen molar-refractivity contribution in [1.82, 2.24) is 26.6 Å². The van der Waals surface area contributed by atoms with E-state index in [-0.39, 0.29) is 79.0 Å². The van der Waals surface area contributed by atoms with Crippen LogP contribution in [0.15, 0.2) is 18.2 Å². The molecule has 292 valence electrons. The maximum Gasteiger partial charge on any atom is 0.252 e. The van der Waals surface area contributed by atoms with Crippen LogP contribution in [0.5, 0.6) is 17.2 Å². The molecule has 18 heteroatoms. The van der Waals surface area contributed by atoms with Crippen LogP contribution in [0.4, 0.5) is 0 Å². The first-order valence-electron chi connectivity index (χ1n) is 17.7. The molecule has 2 aliphatic heterocycles. The van der Waals surface area contributed by atoms with E-state index in [1.54, 1.807) is 7.05 Å². The van der Waals surface area contributed by atoms with Gasteiger partial charge in [-0.3, -0.25) is 29.3 Å². The highest BCUT2D eigenvalue weighted by Crippen LogP contribution is 2.52. The zero-order chi connectivity index (χ0) is 38.6. The number of hydrogen-bond acceptors (Lipinski definition) is 15. The van der Waals surface area contributed by atoms with Gasteiger partial charge in [0.2, 0.25) is 17.6 Å². The summed E-state index contributed by atoms with van der Waals surface area (Å²) < 4.78 is 29.1. The van der Waals surface area contributed by atoms with Crippen molar-refractivity contribution in [2.75, 3.05) is 66.7 Å². The first kappa shape index (κ1) is 39.0. The summed E-state index contributed by atoms with van der Waals surface area (Å²) in [5, 5.41) is 48.9. The smallest absolute Gasteiger partial charge is 0.252 e. The van der Waals surface area contributed by atoms with E-state index >= 15 is 0 Å². The molecular formula is C36H45N5O13. The number of likely N-dealkylation sites (N-methyl/N-ethyl adjacent to an activating group) is 1. The molecule has 8 N–H and O–H groups in total. The number of ketones is 2. The Labute approximate surface area is 310 Å². The van der Waals surface area contributed by atoms with Gasteiger partial charge in [-0.15, -0.1) is 0 Å². The SMILES string of the molecule is CNCC(=O)NCC(=O)NCCNC(=O)[C@]1(O)Cc2c(O)c3c(c(O)c2[C@@H](O[C@H]2CC[C@H](O[C@@H]4COCCN4)CO2)C1)C(=O)c1c(OC)cccc1C3=O. The van der Waals surface area contributed by atoms with E-state index in [1.807, 2.05) is 0 Å². The Balaban J connectivity index is 1.24. The number of phenols is 2. The Morgan fingerprint density at radius 3 is 2.41 bits per heavy atom. The minimum Gasteiger partial charge on any atom is -0.507 e. The molecule has 2 aliphatic carbocycles. The van der Waals surface area contributed by atoms with Crippen molar-refractivity contribution in [1.29, 1.82) is 0 Å². The second kappa shape index (κ2) is 16.8. The summed E-state index contributed by atoms with van der Waals surface area (Å²) in [6, 6.07) is 4.41. The first-order chi connectivity index (χ1) is 25.9. The first-order valence-corrected chi connectivity index (χ1v) is 17.7. The van der Waals surface area contributed by atoms with Crippen LogP contribution in [0.2, 0.25) is 0 Å². The van der Waals surface area contributed by atoms with E-state index < -0.39 is 76.8 Å². The van der Waals surface area contributed by atoms with Crippen molar-refractivity contribution in [3.8, 4) is 17.2 Å². The van der Waals surface area contributed by atoms with Crippen LogP contribution in [0.25, 0.3) is 0 Å². The van der Waals surface area contributed by atoms with Crippen molar-refractivity contribution in [2.24, 2.45) is 0 Å². The van der Waals surface area contributed by atoms with Gasteiger partial charge in [0, 0.05) is 55.6 Å². The van der Waals surface area contributed by atoms with Crippen LogP contribution < -0.4 is 31.3 Å². The molecule has 5 atom stereocenters. The number of aromatic hydroxyl groups is 2. The molecular weight excluding hydrogens is 710 g/mol. The largest absolute Gasteiger partial charge is 0.507 e. The van der Waals surface area contributed by atoms with Crippen molar-refractivity contribution in [3.63, 3.8) is 0 Å². The number of nitrogens with one attached hydrogen (secondary N) is 5. The molecule has 3 amide bonds. The lowest BCUT2D eigenvalue weighted by Crippen LogP contribution is -2.53. The molecule has 2 saturated heterocycles.